The zero-order valence-electron chi connectivity index (χ0n) is 13.5. The first-order valence-electron chi connectivity index (χ1n) is 7.06. The van der Waals surface area contributed by atoms with Crippen LogP contribution in [-0.4, -0.2) is 35.2 Å². The fourth-order valence-electron chi connectivity index (χ4n) is 1.57. The molecule has 0 saturated heterocycles. The minimum atomic E-state index is -4.51. The molecule has 130 valence electrons. The molecule has 0 atom stereocenters. The maximum Gasteiger partial charge on any atom is 0.421 e. The molecule has 5 nitrogen and oxygen atoms in total. The highest BCUT2D eigenvalue weighted by Crippen LogP contribution is 2.33. The van der Waals surface area contributed by atoms with Crippen molar-refractivity contribution in [2.24, 2.45) is 5.41 Å². The van der Waals surface area contributed by atoms with Gasteiger partial charge in [0.1, 0.15) is 11.4 Å². The number of carbonyl (C=O) groups is 1. The van der Waals surface area contributed by atoms with Crippen molar-refractivity contribution in [3.05, 3.63) is 11.8 Å². The van der Waals surface area contributed by atoms with Crippen LogP contribution < -0.4 is 10.6 Å². The summed E-state index contributed by atoms with van der Waals surface area (Å²) in [6.45, 7) is 6.02. The van der Waals surface area contributed by atoms with Gasteiger partial charge in [-0.3, -0.25) is 4.79 Å². The SMILES string of the molecule is CSc1ncc(C(F)(F)F)c(NCCCNC(=O)C(C)(C)C)n1. The fourth-order valence-corrected chi connectivity index (χ4v) is 1.91. The number of nitrogens with zero attached hydrogens (tertiary/aromatic N) is 2. The highest BCUT2D eigenvalue weighted by Gasteiger charge is 2.35. The summed E-state index contributed by atoms with van der Waals surface area (Å²) in [4.78, 5) is 19.2. The van der Waals surface area contributed by atoms with E-state index in [0.717, 1.165) is 6.20 Å². The molecule has 0 bridgehead atoms. The van der Waals surface area contributed by atoms with Gasteiger partial charge in [0.05, 0.1) is 0 Å². The van der Waals surface area contributed by atoms with Crippen LogP contribution in [0.5, 0.6) is 0 Å². The van der Waals surface area contributed by atoms with Crippen molar-refractivity contribution in [3.63, 3.8) is 0 Å². The molecule has 2 N–H and O–H groups in total. The molecule has 0 fully saturated rings. The molecule has 23 heavy (non-hydrogen) atoms. The van der Waals surface area contributed by atoms with Crippen molar-refractivity contribution in [3.8, 4) is 0 Å². The molecule has 0 aromatic carbocycles. The average Bonchev–Trinajstić information content (AvgIpc) is 2.44. The van der Waals surface area contributed by atoms with Gasteiger partial charge < -0.3 is 10.6 Å². The Morgan fingerprint density at radius 2 is 1.91 bits per heavy atom. The zero-order valence-corrected chi connectivity index (χ0v) is 14.4. The van der Waals surface area contributed by atoms with Gasteiger partial charge in [0.2, 0.25) is 5.91 Å². The smallest absolute Gasteiger partial charge is 0.369 e. The van der Waals surface area contributed by atoms with Gasteiger partial charge in [0, 0.05) is 24.7 Å². The molecule has 0 unspecified atom stereocenters. The molecule has 0 radical (unpaired) electrons. The number of halogens is 3. The van der Waals surface area contributed by atoms with Gasteiger partial charge >= 0.3 is 6.18 Å². The number of alkyl halides is 3. The van der Waals surface area contributed by atoms with Crippen LogP contribution in [0.2, 0.25) is 0 Å². The normalized spacial score (nSPS) is 12.1. The second-order valence-electron chi connectivity index (χ2n) is 5.90. The van der Waals surface area contributed by atoms with E-state index >= 15 is 0 Å². The number of aromatic nitrogens is 2. The third kappa shape index (κ3) is 6.25. The number of hydrogen-bond donors (Lipinski definition) is 2. The van der Waals surface area contributed by atoms with Gasteiger partial charge in [-0.05, 0) is 12.7 Å². The van der Waals surface area contributed by atoms with E-state index in [-0.39, 0.29) is 23.4 Å². The van der Waals surface area contributed by atoms with Gasteiger partial charge in [0.25, 0.3) is 0 Å². The summed E-state index contributed by atoms with van der Waals surface area (Å²) in [6, 6.07) is 0. The maximum absolute atomic E-state index is 12.9. The Labute approximate surface area is 137 Å². The maximum atomic E-state index is 12.9. The topological polar surface area (TPSA) is 66.9 Å². The number of carbonyl (C=O) groups excluding carboxylic acids is 1. The zero-order chi connectivity index (χ0) is 17.7. The fraction of sp³-hybridized carbons (Fsp3) is 0.643. The van der Waals surface area contributed by atoms with E-state index in [1.54, 1.807) is 27.0 Å². The average molecular weight is 350 g/mol. The van der Waals surface area contributed by atoms with Crippen LogP contribution in [-0.2, 0) is 11.0 Å². The Hall–Kier alpha value is -1.51. The van der Waals surface area contributed by atoms with Crippen molar-refractivity contribution in [1.29, 1.82) is 0 Å². The Bertz CT molecular complexity index is 544. The van der Waals surface area contributed by atoms with Crippen LogP contribution in [0.4, 0.5) is 19.0 Å². The lowest BCUT2D eigenvalue weighted by Crippen LogP contribution is -2.35. The van der Waals surface area contributed by atoms with Gasteiger partial charge in [-0.2, -0.15) is 13.2 Å². The van der Waals surface area contributed by atoms with Crippen LogP contribution in [0.3, 0.4) is 0 Å². The highest BCUT2D eigenvalue weighted by molar-refractivity contribution is 7.98. The summed E-state index contributed by atoms with van der Waals surface area (Å²) >= 11 is 1.17. The van der Waals surface area contributed by atoms with Crippen LogP contribution in [0.1, 0.15) is 32.8 Å². The number of rotatable bonds is 6. The van der Waals surface area contributed by atoms with E-state index in [9.17, 15) is 18.0 Å². The summed E-state index contributed by atoms with van der Waals surface area (Å²) in [6.07, 6.45) is -1.56. The largest absolute Gasteiger partial charge is 0.421 e. The van der Waals surface area contributed by atoms with Crippen molar-refractivity contribution in [1.82, 2.24) is 15.3 Å². The number of thioether (sulfide) groups is 1. The highest BCUT2D eigenvalue weighted by atomic mass is 32.2. The number of hydrogen-bond acceptors (Lipinski definition) is 5. The Morgan fingerprint density at radius 3 is 2.43 bits per heavy atom. The van der Waals surface area contributed by atoms with Crippen molar-refractivity contribution in [2.75, 3.05) is 24.7 Å². The van der Waals surface area contributed by atoms with E-state index in [2.05, 4.69) is 20.6 Å². The third-order valence-electron chi connectivity index (χ3n) is 2.87. The van der Waals surface area contributed by atoms with Crippen molar-refractivity contribution < 1.29 is 18.0 Å². The van der Waals surface area contributed by atoms with E-state index < -0.39 is 17.2 Å². The van der Waals surface area contributed by atoms with Crippen LogP contribution in [0, 0.1) is 5.41 Å². The number of amides is 1. The number of nitrogens with one attached hydrogen (secondary N) is 2. The van der Waals surface area contributed by atoms with Crippen LogP contribution >= 0.6 is 11.8 Å². The lowest BCUT2D eigenvalue weighted by Gasteiger charge is -2.18. The Morgan fingerprint density at radius 1 is 1.26 bits per heavy atom. The molecule has 0 aliphatic heterocycles. The lowest BCUT2D eigenvalue weighted by molar-refractivity contribution is -0.137. The van der Waals surface area contributed by atoms with Crippen LogP contribution in [0.25, 0.3) is 0 Å². The molecule has 1 rings (SSSR count). The monoisotopic (exact) mass is 350 g/mol. The summed E-state index contributed by atoms with van der Waals surface area (Å²) in [5.41, 5.74) is -1.38. The summed E-state index contributed by atoms with van der Waals surface area (Å²) < 4.78 is 38.7. The first kappa shape index (κ1) is 19.5. The van der Waals surface area contributed by atoms with Crippen LogP contribution in [0.15, 0.2) is 11.4 Å². The van der Waals surface area contributed by atoms with Gasteiger partial charge in [-0.1, -0.05) is 32.5 Å². The second-order valence-corrected chi connectivity index (χ2v) is 6.68. The minimum Gasteiger partial charge on any atom is -0.369 e. The Balaban J connectivity index is 2.59. The number of anilines is 1. The molecule has 1 aromatic rings. The van der Waals surface area contributed by atoms with Gasteiger partial charge in [-0.15, -0.1) is 0 Å². The molecular weight excluding hydrogens is 329 g/mol. The Kier molecular flexibility index (Phi) is 6.67. The summed E-state index contributed by atoms with van der Waals surface area (Å²) in [5, 5.41) is 5.67. The van der Waals surface area contributed by atoms with E-state index in [1.807, 2.05) is 0 Å². The predicted octanol–water partition coefficient (Wildman–Crippen LogP) is 3.18. The van der Waals surface area contributed by atoms with Gasteiger partial charge in [-0.25, -0.2) is 9.97 Å². The minimum absolute atomic E-state index is 0.0971. The second kappa shape index (κ2) is 7.85. The van der Waals surface area contributed by atoms with Crippen molar-refractivity contribution in [2.45, 2.75) is 38.5 Å². The molecule has 9 heteroatoms. The molecular formula is C14H21F3N4OS. The third-order valence-corrected chi connectivity index (χ3v) is 3.43. The molecule has 1 heterocycles. The van der Waals surface area contributed by atoms with Crippen molar-refractivity contribution >= 4 is 23.5 Å². The lowest BCUT2D eigenvalue weighted by atomic mass is 9.96. The van der Waals surface area contributed by atoms with E-state index in [1.165, 1.54) is 11.8 Å². The summed E-state index contributed by atoms with van der Waals surface area (Å²) in [5.74, 6) is -0.334. The quantitative estimate of drug-likeness (QED) is 0.469. The van der Waals surface area contributed by atoms with E-state index in [0.29, 0.717) is 13.0 Å². The van der Waals surface area contributed by atoms with Gasteiger partial charge in [0.15, 0.2) is 5.16 Å². The molecule has 0 aliphatic rings. The summed E-state index contributed by atoms with van der Waals surface area (Å²) in [7, 11) is 0. The first-order chi connectivity index (χ1) is 10.6. The molecule has 1 amide bonds. The molecule has 0 aliphatic carbocycles. The molecule has 0 spiro atoms. The molecule has 0 saturated carbocycles. The predicted molar refractivity (Wildman–Crippen MR) is 84.4 cm³/mol. The molecule has 1 aromatic heterocycles. The van der Waals surface area contributed by atoms with E-state index in [4.69, 9.17) is 0 Å². The first-order valence-corrected chi connectivity index (χ1v) is 8.28. The standard InChI is InChI=1S/C14H21F3N4OS/c1-13(2,3)11(22)19-7-5-6-18-10-9(14(15,16)17)8-20-12(21-10)23-4/h8H,5-7H2,1-4H3,(H,19,22)(H,18,20,21).